The molecule has 0 amide bonds. The van der Waals surface area contributed by atoms with Crippen molar-refractivity contribution in [3.8, 4) is 17.1 Å². The molecule has 0 spiro atoms. The topological polar surface area (TPSA) is 52.6 Å². The zero-order valence-corrected chi connectivity index (χ0v) is 13.8. The molecule has 0 radical (unpaired) electrons. The molecular formula is C19H13ClO4. The third-order valence-electron chi connectivity index (χ3n) is 4.09. The maximum absolute atomic E-state index is 12.0. The molecule has 5 heteroatoms. The monoisotopic (exact) mass is 340 g/mol. The number of aryl methyl sites for hydroxylation is 1. The summed E-state index contributed by atoms with van der Waals surface area (Å²) in [5.41, 5.74) is 2.35. The fraction of sp³-hybridized carbons (Fsp3) is 0.105. The third kappa shape index (κ3) is 2.27. The van der Waals surface area contributed by atoms with Crippen molar-refractivity contribution in [2.75, 3.05) is 7.11 Å². The minimum atomic E-state index is -0.441. The molecule has 2 aromatic heterocycles. The van der Waals surface area contributed by atoms with E-state index >= 15 is 0 Å². The maximum Gasteiger partial charge on any atom is 0.336 e. The number of methoxy groups -OCH3 is 1. The van der Waals surface area contributed by atoms with Crippen molar-refractivity contribution in [2.45, 2.75) is 6.92 Å². The number of ether oxygens (including phenoxy) is 1. The highest BCUT2D eigenvalue weighted by molar-refractivity contribution is 6.31. The van der Waals surface area contributed by atoms with Crippen LogP contribution in [0.5, 0.6) is 5.75 Å². The number of furan rings is 1. The first kappa shape index (κ1) is 14.8. The molecule has 0 saturated heterocycles. The van der Waals surface area contributed by atoms with Gasteiger partial charge in [0, 0.05) is 39.1 Å². The number of rotatable bonds is 2. The SMILES string of the molecule is COc1ccc2c(-c3oc4ccc(Cl)cc4c3C)cc(=O)oc2c1. The first-order valence-electron chi connectivity index (χ1n) is 7.38. The van der Waals surface area contributed by atoms with Crippen molar-refractivity contribution in [3.05, 3.63) is 63.5 Å². The van der Waals surface area contributed by atoms with Gasteiger partial charge in [-0.15, -0.1) is 0 Å². The van der Waals surface area contributed by atoms with Crippen LogP contribution in [0.4, 0.5) is 0 Å². The lowest BCUT2D eigenvalue weighted by Crippen LogP contribution is -1.98. The number of halogens is 1. The lowest BCUT2D eigenvalue weighted by atomic mass is 10.0. The third-order valence-corrected chi connectivity index (χ3v) is 4.33. The van der Waals surface area contributed by atoms with Gasteiger partial charge >= 0.3 is 5.63 Å². The van der Waals surface area contributed by atoms with Gasteiger partial charge in [-0.05, 0) is 37.3 Å². The maximum atomic E-state index is 12.0. The van der Waals surface area contributed by atoms with Crippen LogP contribution in [-0.4, -0.2) is 7.11 Å². The lowest BCUT2D eigenvalue weighted by Gasteiger charge is -2.05. The molecule has 4 aromatic rings. The molecule has 4 nitrogen and oxygen atoms in total. The fourth-order valence-electron chi connectivity index (χ4n) is 2.91. The van der Waals surface area contributed by atoms with E-state index < -0.39 is 5.63 Å². The Balaban J connectivity index is 2.06. The molecule has 0 atom stereocenters. The molecule has 0 saturated carbocycles. The Bertz CT molecular complexity index is 1140. The summed E-state index contributed by atoms with van der Waals surface area (Å²) in [6.45, 7) is 1.95. The van der Waals surface area contributed by atoms with Gasteiger partial charge in [-0.2, -0.15) is 0 Å². The second-order valence-electron chi connectivity index (χ2n) is 5.54. The van der Waals surface area contributed by atoms with Crippen molar-refractivity contribution >= 4 is 33.5 Å². The van der Waals surface area contributed by atoms with Gasteiger partial charge in [-0.3, -0.25) is 0 Å². The van der Waals surface area contributed by atoms with Crippen LogP contribution >= 0.6 is 11.6 Å². The van der Waals surface area contributed by atoms with E-state index in [1.54, 1.807) is 19.2 Å². The summed E-state index contributed by atoms with van der Waals surface area (Å²) >= 11 is 6.08. The Morgan fingerprint density at radius 1 is 0.958 bits per heavy atom. The Morgan fingerprint density at radius 3 is 2.58 bits per heavy atom. The van der Waals surface area contributed by atoms with E-state index in [1.165, 1.54) is 6.07 Å². The van der Waals surface area contributed by atoms with E-state index in [0.717, 1.165) is 21.9 Å². The molecule has 2 aromatic carbocycles. The summed E-state index contributed by atoms with van der Waals surface area (Å²) < 4.78 is 16.5. The van der Waals surface area contributed by atoms with Crippen LogP contribution in [-0.2, 0) is 0 Å². The van der Waals surface area contributed by atoms with Gasteiger partial charge in [0.1, 0.15) is 22.7 Å². The standard InChI is InChI=1S/C19H13ClO4/c1-10-14-7-11(20)3-6-16(14)24-19(10)15-9-18(21)23-17-8-12(22-2)4-5-13(15)17/h3-9H,1-2H3. The molecule has 0 fully saturated rings. The summed E-state index contributed by atoms with van der Waals surface area (Å²) in [6, 6.07) is 12.3. The van der Waals surface area contributed by atoms with Crippen molar-refractivity contribution in [1.82, 2.24) is 0 Å². The number of hydrogen-bond acceptors (Lipinski definition) is 4. The van der Waals surface area contributed by atoms with Crippen LogP contribution in [0, 0.1) is 6.92 Å². The van der Waals surface area contributed by atoms with Gasteiger partial charge < -0.3 is 13.6 Å². The average molecular weight is 341 g/mol. The normalized spacial score (nSPS) is 11.3. The van der Waals surface area contributed by atoms with Crippen LogP contribution in [0.3, 0.4) is 0 Å². The Morgan fingerprint density at radius 2 is 1.79 bits per heavy atom. The summed E-state index contributed by atoms with van der Waals surface area (Å²) in [5.74, 6) is 1.26. The van der Waals surface area contributed by atoms with Gasteiger partial charge in [0.15, 0.2) is 0 Å². The van der Waals surface area contributed by atoms with E-state index in [4.69, 9.17) is 25.2 Å². The Kier molecular flexibility index (Phi) is 3.36. The Hall–Kier alpha value is -2.72. The van der Waals surface area contributed by atoms with Crippen LogP contribution in [0.15, 0.2) is 56.1 Å². The lowest BCUT2D eigenvalue weighted by molar-refractivity contribution is 0.414. The van der Waals surface area contributed by atoms with Crippen molar-refractivity contribution in [3.63, 3.8) is 0 Å². The van der Waals surface area contributed by atoms with Gasteiger partial charge in [0.25, 0.3) is 0 Å². The minimum absolute atomic E-state index is 0.441. The molecular weight excluding hydrogens is 328 g/mol. The molecule has 4 rings (SSSR count). The number of hydrogen-bond donors (Lipinski definition) is 0. The van der Waals surface area contributed by atoms with Crippen molar-refractivity contribution < 1.29 is 13.6 Å². The molecule has 120 valence electrons. The highest BCUT2D eigenvalue weighted by Gasteiger charge is 2.17. The van der Waals surface area contributed by atoms with Gasteiger partial charge in [0.05, 0.1) is 7.11 Å². The first-order valence-corrected chi connectivity index (χ1v) is 7.75. The van der Waals surface area contributed by atoms with Crippen LogP contribution < -0.4 is 10.4 Å². The summed E-state index contributed by atoms with van der Waals surface area (Å²) in [7, 11) is 1.57. The van der Waals surface area contributed by atoms with E-state index in [9.17, 15) is 4.79 Å². The molecule has 0 bridgehead atoms. The summed E-state index contributed by atoms with van der Waals surface area (Å²) in [5, 5.41) is 2.34. The Labute approximate surface area is 142 Å². The summed E-state index contributed by atoms with van der Waals surface area (Å²) in [4.78, 5) is 12.0. The molecule has 0 N–H and O–H groups in total. The fourth-order valence-corrected chi connectivity index (χ4v) is 3.08. The summed E-state index contributed by atoms with van der Waals surface area (Å²) in [6.07, 6.45) is 0. The average Bonchev–Trinajstić information content (AvgIpc) is 2.90. The molecule has 0 aliphatic rings. The highest BCUT2D eigenvalue weighted by Crippen LogP contribution is 2.37. The highest BCUT2D eigenvalue weighted by atomic mass is 35.5. The number of fused-ring (bicyclic) bond motifs is 2. The first-order chi connectivity index (χ1) is 11.6. The largest absolute Gasteiger partial charge is 0.497 e. The van der Waals surface area contributed by atoms with Gasteiger partial charge in [0.2, 0.25) is 0 Å². The second-order valence-corrected chi connectivity index (χ2v) is 5.97. The predicted octanol–water partition coefficient (Wildman–Crippen LogP) is 5.18. The second kappa shape index (κ2) is 5.42. The number of benzene rings is 2. The van der Waals surface area contributed by atoms with E-state index in [0.29, 0.717) is 27.7 Å². The quantitative estimate of drug-likeness (QED) is 0.472. The smallest absolute Gasteiger partial charge is 0.336 e. The molecule has 0 aliphatic heterocycles. The zero-order chi connectivity index (χ0) is 16.8. The van der Waals surface area contributed by atoms with Crippen LogP contribution in [0.25, 0.3) is 33.3 Å². The zero-order valence-electron chi connectivity index (χ0n) is 13.1. The van der Waals surface area contributed by atoms with Crippen LogP contribution in [0.1, 0.15) is 5.56 Å². The van der Waals surface area contributed by atoms with Crippen molar-refractivity contribution in [2.24, 2.45) is 0 Å². The molecule has 0 aliphatic carbocycles. The minimum Gasteiger partial charge on any atom is -0.497 e. The molecule has 0 unspecified atom stereocenters. The van der Waals surface area contributed by atoms with E-state index in [-0.39, 0.29) is 0 Å². The molecule has 24 heavy (non-hydrogen) atoms. The van der Waals surface area contributed by atoms with Crippen LogP contribution in [0.2, 0.25) is 5.02 Å². The van der Waals surface area contributed by atoms with Gasteiger partial charge in [-0.25, -0.2) is 4.79 Å². The predicted molar refractivity (Wildman–Crippen MR) is 94.0 cm³/mol. The van der Waals surface area contributed by atoms with Gasteiger partial charge in [-0.1, -0.05) is 11.6 Å². The van der Waals surface area contributed by atoms with E-state index in [1.807, 2.05) is 31.2 Å². The van der Waals surface area contributed by atoms with Crippen molar-refractivity contribution in [1.29, 1.82) is 0 Å². The molecule has 2 heterocycles. The van der Waals surface area contributed by atoms with E-state index in [2.05, 4.69) is 0 Å².